The van der Waals surface area contributed by atoms with Crippen molar-refractivity contribution in [3.8, 4) is 0 Å². The Labute approximate surface area is 124 Å². The predicted octanol–water partition coefficient (Wildman–Crippen LogP) is 2.23. The lowest BCUT2D eigenvalue weighted by Gasteiger charge is -2.41. The summed E-state index contributed by atoms with van der Waals surface area (Å²) in [5.41, 5.74) is 5.98. The molecule has 2 atom stereocenters. The predicted molar refractivity (Wildman–Crippen MR) is 84.6 cm³/mol. The van der Waals surface area contributed by atoms with Crippen LogP contribution in [-0.2, 0) is 4.79 Å². The van der Waals surface area contributed by atoms with Gasteiger partial charge in [-0.1, -0.05) is 19.8 Å². The average molecular weight is 283 g/mol. The molecule has 1 saturated heterocycles. The minimum Gasteiger partial charge on any atom is -0.343 e. The molecule has 1 aliphatic rings. The highest BCUT2D eigenvalue weighted by molar-refractivity contribution is 5.76. The van der Waals surface area contributed by atoms with Crippen molar-refractivity contribution in [1.29, 1.82) is 0 Å². The van der Waals surface area contributed by atoms with E-state index in [1.165, 1.54) is 32.1 Å². The molecular weight excluding hydrogens is 250 g/mol. The molecule has 0 aromatic rings. The van der Waals surface area contributed by atoms with Gasteiger partial charge in [-0.2, -0.15) is 0 Å². The second kappa shape index (κ2) is 9.35. The third kappa shape index (κ3) is 4.74. The SMILES string of the molecule is CCCC1CCCCN1C(CN)CC(=O)N(CC)CC. The number of nitrogens with zero attached hydrogens (tertiary/aromatic N) is 2. The van der Waals surface area contributed by atoms with Crippen molar-refractivity contribution in [1.82, 2.24) is 9.80 Å². The molecule has 0 bridgehead atoms. The standard InChI is InChI=1S/C16H33N3O/c1-4-9-14-10-7-8-11-19(14)15(13-17)12-16(20)18(5-2)6-3/h14-15H,4-13,17H2,1-3H3. The molecule has 1 fully saturated rings. The van der Waals surface area contributed by atoms with Gasteiger partial charge in [0, 0.05) is 38.1 Å². The molecule has 0 aromatic heterocycles. The van der Waals surface area contributed by atoms with Crippen molar-refractivity contribution in [3.63, 3.8) is 0 Å². The molecule has 1 amide bonds. The van der Waals surface area contributed by atoms with Crippen LogP contribution >= 0.6 is 0 Å². The monoisotopic (exact) mass is 283 g/mol. The number of nitrogens with two attached hydrogens (primary N) is 1. The zero-order valence-corrected chi connectivity index (χ0v) is 13.6. The van der Waals surface area contributed by atoms with Crippen LogP contribution in [0.5, 0.6) is 0 Å². The number of piperidine rings is 1. The van der Waals surface area contributed by atoms with Gasteiger partial charge in [-0.05, 0) is 39.7 Å². The zero-order chi connectivity index (χ0) is 15.0. The fraction of sp³-hybridized carbons (Fsp3) is 0.938. The molecule has 118 valence electrons. The number of likely N-dealkylation sites (tertiary alicyclic amines) is 1. The van der Waals surface area contributed by atoms with Gasteiger partial charge >= 0.3 is 0 Å². The third-order valence-electron chi connectivity index (χ3n) is 4.56. The Kier molecular flexibility index (Phi) is 8.15. The van der Waals surface area contributed by atoms with E-state index in [0.29, 0.717) is 19.0 Å². The van der Waals surface area contributed by atoms with Crippen LogP contribution in [0.4, 0.5) is 0 Å². The molecule has 1 aliphatic heterocycles. The molecule has 0 radical (unpaired) electrons. The Morgan fingerprint density at radius 2 is 2.00 bits per heavy atom. The minimum absolute atomic E-state index is 0.222. The summed E-state index contributed by atoms with van der Waals surface area (Å²) in [7, 11) is 0. The van der Waals surface area contributed by atoms with Gasteiger partial charge in [-0.15, -0.1) is 0 Å². The van der Waals surface area contributed by atoms with Gasteiger partial charge in [0.05, 0.1) is 0 Å². The molecule has 1 heterocycles. The van der Waals surface area contributed by atoms with Crippen molar-refractivity contribution < 1.29 is 4.79 Å². The van der Waals surface area contributed by atoms with Gasteiger partial charge < -0.3 is 10.6 Å². The smallest absolute Gasteiger partial charge is 0.224 e. The summed E-state index contributed by atoms with van der Waals surface area (Å²) in [6.07, 6.45) is 6.86. The first-order chi connectivity index (χ1) is 9.67. The summed E-state index contributed by atoms with van der Waals surface area (Å²) >= 11 is 0. The fourth-order valence-corrected chi connectivity index (χ4v) is 3.39. The van der Waals surface area contributed by atoms with Gasteiger partial charge in [0.25, 0.3) is 0 Å². The first-order valence-corrected chi connectivity index (χ1v) is 8.41. The number of carbonyl (C=O) groups is 1. The summed E-state index contributed by atoms with van der Waals surface area (Å²) in [5.74, 6) is 0.256. The maximum atomic E-state index is 12.3. The van der Waals surface area contributed by atoms with Crippen LogP contribution in [0.1, 0.15) is 59.3 Å². The summed E-state index contributed by atoms with van der Waals surface area (Å²) < 4.78 is 0. The van der Waals surface area contributed by atoms with Crippen LogP contribution in [0, 0.1) is 0 Å². The minimum atomic E-state index is 0.222. The van der Waals surface area contributed by atoms with Gasteiger partial charge in [0.1, 0.15) is 0 Å². The highest BCUT2D eigenvalue weighted by Gasteiger charge is 2.29. The van der Waals surface area contributed by atoms with Crippen LogP contribution in [0.15, 0.2) is 0 Å². The highest BCUT2D eigenvalue weighted by atomic mass is 16.2. The van der Waals surface area contributed by atoms with E-state index >= 15 is 0 Å². The zero-order valence-electron chi connectivity index (χ0n) is 13.6. The van der Waals surface area contributed by atoms with Crippen molar-refractivity contribution >= 4 is 5.91 Å². The van der Waals surface area contributed by atoms with E-state index in [4.69, 9.17) is 5.73 Å². The average Bonchev–Trinajstić information content (AvgIpc) is 2.47. The molecule has 4 nitrogen and oxygen atoms in total. The summed E-state index contributed by atoms with van der Waals surface area (Å²) in [6, 6.07) is 0.853. The van der Waals surface area contributed by atoms with Gasteiger partial charge in [0.2, 0.25) is 5.91 Å². The van der Waals surface area contributed by atoms with Crippen LogP contribution < -0.4 is 5.73 Å². The first kappa shape index (κ1) is 17.4. The number of hydrogen-bond donors (Lipinski definition) is 1. The molecule has 0 aliphatic carbocycles. The highest BCUT2D eigenvalue weighted by Crippen LogP contribution is 2.24. The van der Waals surface area contributed by atoms with E-state index < -0.39 is 0 Å². The van der Waals surface area contributed by atoms with E-state index in [2.05, 4.69) is 11.8 Å². The van der Waals surface area contributed by atoms with Crippen molar-refractivity contribution in [2.45, 2.75) is 71.4 Å². The molecule has 2 unspecified atom stereocenters. The second-order valence-electron chi connectivity index (χ2n) is 5.84. The van der Waals surface area contributed by atoms with E-state index in [1.807, 2.05) is 18.7 Å². The fourth-order valence-electron chi connectivity index (χ4n) is 3.39. The lowest BCUT2D eigenvalue weighted by molar-refractivity contribution is -0.132. The molecule has 4 heteroatoms. The number of hydrogen-bond acceptors (Lipinski definition) is 3. The Bertz CT molecular complexity index is 277. The third-order valence-corrected chi connectivity index (χ3v) is 4.56. The first-order valence-electron chi connectivity index (χ1n) is 8.41. The van der Waals surface area contributed by atoms with Crippen molar-refractivity contribution in [3.05, 3.63) is 0 Å². The van der Waals surface area contributed by atoms with Crippen LogP contribution in [0.25, 0.3) is 0 Å². The van der Waals surface area contributed by atoms with Crippen LogP contribution in [0.2, 0.25) is 0 Å². The lowest BCUT2D eigenvalue weighted by Crippen LogP contribution is -2.51. The number of amides is 1. The van der Waals surface area contributed by atoms with E-state index in [1.54, 1.807) is 0 Å². The maximum Gasteiger partial charge on any atom is 0.224 e. The van der Waals surface area contributed by atoms with E-state index in [0.717, 1.165) is 19.6 Å². The van der Waals surface area contributed by atoms with Crippen LogP contribution in [-0.4, -0.2) is 54.0 Å². The van der Waals surface area contributed by atoms with Crippen molar-refractivity contribution in [2.24, 2.45) is 5.73 Å². The van der Waals surface area contributed by atoms with Gasteiger partial charge in [0.15, 0.2) is 0 Å². The Morgan fingerprint density at radius 1 is 1.30 bits per heavy atom. The summed E-state index contributed by atoms with van der Waals surface area (Å²) in [4.78, 5) is 16.8. The Balaban J connectivity index is 2.65. The maximum absolute atomic E-state index is 12.3. The largest absolute Gasteiger partial charge is 0.343 e. The van der Waals surface area contributed by atoms with Crippen LogP contribution in [0.3, 0.4) is 0 Å². The van der Waals surface area contributed by atoms with Gasteiger partial charge in [-0.25, -0.2) is 0 Å². The molecule has 0 saturated carbocycles. The number of rotatable bonds is 8. The summed E-state index contributed by atoms with van der Waals surface area (Å²) in [5, 5.41) is 0. The van der Waals surface area contributed by atoms with Crippen molar-refractivity contribution in [2.75, 3.05) is 26.2 Å². The van der Waals surface area contributed by atoms with Gasteiger partial charge in [-0.3, -0.25) is 9.69 Å². The van der Waals surface area contributed by atoms with E-state index in [-0.39, 0.29) is 11.9 Å². The quantitative estimate of drug-likeness (QED) is 0.743. The number of carbonyl (C=O) groups excluding carboxylic acids is 1. The normalized spacial score (nSPS) is 21.7. The molecular formula is C16H33N3O. The Hall–Kier alpha value is -0.610. The Morgan fingerprint density at radius 3 is 2.55 bits per heavy atom. The second-order valence-corrected chi connectivity index (χ2v) is 5.84. The molecule has 1 rings (SSSR count). The van der Waals surface area contributed by atoms with E-state index in [9.17, 15) is 4.79 Å². The molecule has 20 heavy (non-hydrogen) atoms. The topological polar surface area (TPSA) is 49.6 Å². The molecule has 0 spiro atoms. The lowest BCUT2D eigenvalue weighted by atomic mass is 9.95. The summed E-state index contributed by atoms with van der Waals surface area (Å²) in [6.45, 7) is 9.62. The molecule has 2 N–H and O–H groups in total. The molecule has 0 aromatic carbocycles.